The van der Waals surface area contributed by atoms with E-state index in [1.54, 1.807) is 0 Å². The van der Waals surface area contributed by atoms with E-state index >= 15 is 0 Å². The van der Waals surface area contributed by atoms with Crippen molar-refractivity contribution in [2.75, 3.05) is 51.8 Å². The quantitative estimate of drug-likeness (QED) is 0.903. The normalized spacial score (nSPS) is 22.9. The molecule has 1 unspecified atom stereocenters. The van der Waals surface area contributed by atoms with Gasteiger partial charge < -0.3 is 15.0 Å². The summed E-state index contributed by atoms with van der Waals surface area (Å²) in [6, 6.07) is 9.48. The van der Waals surface area contributed by atoms with Crippen LogP contribution in [0.1, 0.15) is 25.3 Å². The van der Waals surface area contributed by atoms with Crippen molar-refractivity contribution in [2.45, 2.75) is 32.4 Å². The number of ether oxygens (including phenoxy) is 1. The molecular weight excluding hydrogens is 286 g/mol. The molecule has 128 valence electrons. The van der Waals surface area contributed by atoms with Crippen LogP contribution in [0.5, 0.6) is 0 Å². The largest absolute Gasteiger partial charge is 0.382 e. The predicted octanol–water partition coefficient (Wildman–Crippen LogP) is 2.66. The van der Waals surface area contributed by atoms with E-state index in [0.717, 1.165) is 38.8 Å². The minimum Gasteiger partial charge on any atom is -0.382 e. The fourth-order valence-electron chi connectivity index (χ4n) is 3.69. The zero-order valence-corrected chi connectivity index (χ0v) is 14.6. The lowest BCUT2D eigenvalue weighted by Crippen LogP contribution is -2.37. The molecule has 0 spiro atoms. The number of nitrogens with one attached hydrogen (secondary N) is 1. The number of hydrogen-bond acceptors (Lipinski definition) is 4. The molecule has 2 saturated heterocycles. The van der Waals surface area contributed by atoms with Gasteiger partial charge in [0.1, 0.15) is 0 Å². The first-order valence-corrected chi connectivity index (χ1v) is 9.05. The van der Waals surface area contributed by atoms with E-state index < -0.39 is 0 Å². The molecule has 1 N–H and O–H groups in total. The van der Waals surface area contributed by atoms with Crippen molar-refractivity contribution in [1.29, 1.82) is 0 Å². The predicted molar refractivity (Wildman–Crippen MR) is 95.8 cm³/mol. The molecule has 2 aliphatic rings. The maximum atomic E-state index is 5.43. The molecule has 1 atom stereocenters. The second-order valence-corrected chi connectivity index (χ2v) is 7.16. The summed E-state index contributed by atoms with van der Waals surface area (Å²) >= 11 is 0. The Hall–Kier alpha value is -1.10. The van der Waals surface area contributed by atoms with E-state index in [2.05, 4.69) is 53.4 Å². The van der Waals surface area contributed by atoms with Crippen molar-refractivity contribution < 1.29 is 4.74 Å². The van der Waals surface area contributed by atoms with Gasteiger partial charge in [0.15, 0.2) is 0 Å². The molecule has 23 heavy (non-hydrogen) atoms. The van der Waals surface area contributed by atoms with Gasteiger partial charge in [0, 0.05) is 31.4 Å². The van der Waals surface area contributed by atoms with Crippen LogP contribution in [-0.4, -0.2) is 62.3 Å². The number of hydrogen-bond donors (Lipinski definition) is 1. The Bertz CT molecular complexity index is 479. The monoisotopic (exact) mass is 317 g/mol. The molecule has 0 aliphatic carbocycles. The van der Waals surface area contributed by atoms with E-state index in [1.807, 2.05) is 0 Å². The average Bonchev–Trinajstić information content (AvgIpc) is 2.57. The summed E-state index contributed by atoms with van der Waals surface area (Å²) < 4.78 is 5.43. The molecule has 2 aliphatic heterocycles. The number of morpholine rings is 1. The Morgan fingerprint density at radius 3 is 2.65 bits per heavy atom. The third kappa shape index (κ3) is 4.93. The van der Waals surface area contributed by atoms with Gasteiger partial charge in [-0.1, -0.05) is 12.1 Å². The Labute approximate surface area is 140 Å². The SMILES string of the molecule is CC(Nc1cccc(CN2CCOCC2)c1)C1CCN(C)CC1. The highest BCUT2D eigenvalue weighted by molar-refractivity contribution is 5.46. The number of anilines is 1. The summed E-state index contributed by atoms with van der Waals surface area (Å²) in [5, 5.41) is 3.74. The smallest absolute Gasteiger partial charge is 0.0594 e. The van der Waals surface area contributed by atoms with Gasteiger partial charge in [-0.2, -0.15) is 0 Å². The minimum absolute atomic E-state index is 0.544. The Kier molecular flexibility index (Phi) is 5.92. The third-order valence-electron chi connectivity index (χ3n) is 5.30. The van der Waals surface area contributed by atoms with E-state index in [1.165, 1.54) is 37.2 Å². The maximum absolute atomic E-state index is 5.43. The van der Waals surface area contributed by atoms with Crippen LogP contribution >= 0.6 is 0 Å². The highest BCUT2D eigenvalue weighted by Gasteiger charge is 2.22. The second-order valence-electron chi connectivity index (χ2n) is 7.16. The zero-order valence-electron chi connectivity index (χ0n) is 14.6. The summed E-state index contributed by atoms with van der Waals surface area (Å²) in [6.07, 6.45) is 2.61. The lowest BCUT2D eigenvalue weighted by molar-refractivity contribution is 0.0342. The van der Waals surface area contributed by atoms with Crippen molar-refractivity contribution in [1.82, 2.24) is 9.80 Å². The first-order chi connectivity index (χ1) is 11.2. The van der Waals surface area contributed by atoms with Gasteiger partial charge in [0.25, 0.3) is 0 Å². The van der Waals surface area contributed by atoms with Gasteiger partial charge in [0.2, 0.25) is 0 Å². The van der Waals surface area contributed by atoms with Gasteiger partial charge in [-0.15, -0.1) is 0 Å². The molecule has 3 rings (SSSR count). The van der Waals surface area contributed by atoms with Crippen LogP contribution in [0.15, 0.2) is 24.3 Å². The van der Waals surface area contributed by atoms with E-state index in [4.69, 9.17) is 4.74 Å². The molecule has 1 aromatic rings. The van der Waals surface area contributed by atoms with Crippen molar-refractivity contribution in [3.05, 3.63) is 29.8 Å². The first-order valence-electron chi connectivity index (χ1n) is 9.05. The molecule has 4 nitrogen and oxygen atoms in total. The Morgan fingerprint density at radius 2 is 1.91 bits per heavy atom. The van der Waals surface area contributed by atoms with E-state index in [0.29, 0.717) is 6.04 Å². The molecule has 2 fully saturated rings. The van der Waals surface area contributed by atoms with Crippen LogP contribution in [0.4, 0.5) is 5.69 Å². The fourth-order valence-corrected chi connectivity index (χ4v) is 3.69. The number of likely N-dealkylation sites (tertiary alicyclic amines) is 1. The third-order valence-corrected chi connectivity index (χ3v) is 5.30. The molecular formula is C19H31N3O. The van der Waals surface area contributed by atoms with Crippen molar-refractivity contribution in [2.24, 2.45) is 5.92 Å². The summed E-state index contributed by atoms with van der Waals surface area (Å²) in [5.74, 6) is 0.786. The molecule has 0 aromatic heterocycles. The maximum Gasteiger partial charge on any atom is 0.0594 e. The fraction of sp³-hybridized carbons (Fsp3) is 0.684. The highest BCUT2D eigenvalue weighted by atomic mass is 16.5. The molecule has 4 heteroatoms. The van der Waals surface area contributed by atoms with Crippen molar-refractivity contribution >= 4 is 5.69 Å². The average molecular weight is 317 g/mol. The van der Waals surface area contributed by atoms with E-state index in [-0.39, 0.29) is 0 Å². The van der Waals surface area contributed by atoms with E-state index in [9.17, 15) is 0 Å². The van der Waals surface area contributed by atoms with Crippen LogP contribution in [-0.2, 0) is 11.3 Å². The lowest BCUT2D eigenvalue weighted by Gasteiger charge is -2.33. The Balaban J connectivity index is 1.54. The molecule has 0 bridgehead atoms. The van der Waals surface area contributed by atoms with Crippen molar-refractivity contribution in [3.63, 3.8) is 0 Å². The van der Waals surface area contributed by atoms with Gasteiger partial charge in [-0.25, -0.2) is 0 Å². The lowest BCUT2D eigenvalue weighted by atomic mass is 9.90. The van der Waals surface area contributed by atoms with Crippen LogP contribution in [0.3, 0.4) is 0 Å². The second kappa shape index (κ2) is 8.13. The molecule has 0 radical (unpaired) electrons. The first kappa shape index (κ1) is 16.7. The summed E-state index contributed by atoms with van der Waals surface area (Å²) in [5.41, 5.74) is 2.66. The number of nitrogens with zero attached hydrogens (tertiary/aromatic N) is 2. The number of benzene rings is 1. The van der Waals surface area contributed by atoms with Gasteiger partial charge in [-0.05, 0) is 63.5 Å². The highest BCUT2D eigenvalue weighted by Crippen LogP contribution is 2.23. The van der Waals surface area contributed by atoms with Crippen LogP contribution in [0.2, 0.25) is 0 Å². The Morgan fingerprint density at radius 1 is 1.17 bits per heavy atom. The molecule has 1 aromatic carbocycles. The number of piperidine rings is 1. The molecule has 0 saturated carbocycles. The van der Waals surface area contributed by atoms with Gasteiger partial charge >= 0.3 is 0 Å². The van der Waals surface area contributed by atoms with Gasteiger partial charge in [0.05, 0.1) is 13.2 Å². The minimum atomic E-state index is 0.544. The summed E-state index contributed by atoms with van der Waals surface area (Å²) in [4.78, 5) is 4.91. The topological polar surface area (TPSA) is 27.7 Å². The van der Waals surface area contributed by atoms with Crippen LogP contribution in [0.25, 0.3) is 0 Å². The van der Waals surface area contributed by atoms with Crippen LogP contribution < -0.4 is 5.32 Å². The van der Waals surface area contributed by atoms with Crippen LogP contribution in [0, 0.1) is 5.92 Å². The molecule has 2 heterocycles. The van der Waals surface area contributed by atoms with Crippen molar-refractivity contribution in [3.8, 4) is 0 Å². The standard InChI is InChI=1S/C19H31N3O/c1-16(18-6-8-21(2)9-7-18)20-19-5-3-4-17(14-19)15-22-10-12-23-13-11-22/h3-5,14,16,18,20H,6-13,15H2,1-2H3. The zero-order chi connectivity index (χ0) is 16.1. The molecule has 0 amide bonds. The van der Waals surface area contributed by atoms with Gasteiger partial charge in [-0.3, -0.25) is 4.90 Å². The summed E-state index contributed by atoms with van der Waals surface area (Å²) in [6.45, 7) is 9.65. The summed E-state index contributed by atoms with van der Waals surface area (Å²) in [7, 11) is 2.23. The number of rotatable bonds is 5.